The van der Waals surface area contributed by atoms with E-state index in [0.717, 1.165) is 17.1 Å². The first-order valence-electron chi connectivity index (χ1n) is 6.72. The fraction of sp³-hybridized carbons (Fsp3) is 0.312. The van der Waals surface area contributed by atoms with Gasteiger partial charge in [-0.1, -0.05) is 17.7 Å². The first-order chi connectivity index (χ1) is 9.54. The average molecular weight is 271 g/mol. The number of hydrogen-bond donors (Lipinski definition) is 2. The Bertz CT molecular complexity index is 566. The highest BCUT2D eigenvalue weighted by molar-refractivity contribution is 5.51. The van der Waals surface area contributed by atoms with Crippen molar-refractivity contribution in [3.05, 3.63) is 47.7 Å². The van der Waals surface area contributed by atoms with Gasteiger partial charge >= 0.3 is 0 Å². The molecule has 1 heterocycles. The highest BCUT2D eigenvalue weighted by atomic mass is 16.5. The van der Waals surface area contributed by atoms with E-state index in [0.29, 0.717) is 12.3 Å². The summed E-state index contributed by atoms with van der Waals surface area (Å²) in [4.78, 5) is 4.29. The van der Waals surface area contributed by atoms with E-state index in [1.165, 1.54) is 5.56 Å². The number of nitrogens with two attached hydrogens (primary N) is 1. The minimum atomic E-state index is 0.158. The van der Waals surface area contributed by atoms with Crippen LogP contribution in [0, 0.1) is 13.8 Å². The first kappa shape index (κ1) is 14.2. The molecule has 106 valence electrons. The predicted molar refractivity (Wildman–Crippen MR) is 83.1 cm³/mol. The van der Waals surface area contributed by atoms with Crippen LogP contribution in [0.5, 0.6) is 5.75 Å². The third-order valence-corrected chi connectivity index (χ3v) is 3.00. The molecule has 0 spiro atoms. The molecule has 0 bridgehead atoms. The summed E-state index contributed by atoms with van der Waals surface area (Å²) in [5.74, 6) is 1.73. The molecular formula is C16H21N3O. The Morgan fingerprint density at radius 1 is 1.25 bits per heavy atom. The van der Waals surface area contributed by atoms with E-state index >= 15 is 0 Å². The number of hydrogen-bond acceptors (Lipinski definition) is 4. The minimum Gasteiger partial charge on any atom is -0.491 e. The highest BCUT2D eigenvalue weighted by Crippen LogP contribution is 2.16. The number of pyridine rings is 1. The molecule has 4 nitrogen and oxygen atoms in total. The van der Waals surface area contributed by atoms with Crippen LogP contribution in [0.4, 0.5) is 11.5 Å². The second-order valence-corrected chi connectivity index (χ2v) is 5.10. The zero-order valence-corrected chi connectivity index (χ0v) is 12.2. The van der Waals surface area contributed by atoms with Gasteiger partial charge in [-0.05, 0) is 44.5 Å². The molecule has 4 heteroatoms. The number of aromatic nitrogens is 1. The Hall–Kier alpha value is -2.23. The fourth-order valence-corrected chi connectivity index (χ4v) is 1.88. The van der Waals surface area contributed by atoms with Gasteiger partial charge in [-0.2, -0.15) is 0 Å². The van der Waals surface area contributed by atoms with E-state index in [-0.39, 0.29) is 6.04 Å². The zero-order valence-electron chi connectivity index (χ0n) is 12.2. The molecule has 0 fully saturated rings. The molecule has 1 unspecified atom stereocenters. The van der Waals surface area contributed by atoms with Gasteiger partial charge in [-0.15, -0.1) is 0 Å². The van der Waals surface area contributed by atoms with Gasteiger partial charge in [-0.3, -0.25) is 0 Å². The van der Waals surface area contributed by atoms with Crippen LogP contribution in [0.3, 0.4) is 0 Å². The highest BCUT2D eigenvalue weighted by Gasteiger charge is 2.06. The maximum absolute atomic E-state index is 5.74. The number of nitrogen functional groups attached to an aromatic ring is 1. The van der Waals surface area contributed by atoms with Crippen LogP contribution in [-0.4, -0.2) is 17.6 Å². The molecule has 20 heavy (non-hydrogen) atoms. The normalized spacial score (nSPS) is 11.9. The molecular weight excluding hydrogens is 250 g/mol. The van der Waals surface area contributed by atoms with E-state index in [1.54, 1.807) is 6.20 Å². The van der Waals surface area contributed by atoms with Gasteiger partial charge < -0.3 is 15.8 Å². The summed E-state index contributed by atoms with van der Waals surface area (Å²) < 4.78 is 5.74. The Kier molecular flexibility index (Phi) is 4.45. The molecule has 0 aliphatic rings. The standard InChI is InChI=1S/C16H21N3O/c1-11-4-6-15(7-5-11)20-10-13(3)19-16-12(2)8-14(17)9-18-16/h4-9,13H,10,17H2,1-3H3,(H,18,19). The number of anilines is 2. The zero-order chi connectivity index (χ0) is 14.5. The summed E-state index contributed by atoms with van der Waals surface area (Å²) in [5, 5.41) is 3.33. The van der Waals surface area contributed by atoms with Crippen LogP contribution in [-0.2, 0) is 0 Å². The van der Waals surface area contributed by atoms with Crippen molar-refractivity contribution in [1.82, 2.24) is 4.98 Å². The van der Waals surface area contributed by atoms with Crippen molar-refractivity contribution in [2.75, 3.05) is 17.7 Å². The van der Waals surface area contributed by atoms with E-state index < -0.39 is 0 Å². The van der Waals surface area contributed by atoms with Crippen molar-refractivity contribution in [2.45, 2.75) is 26.8 Å². The number of rotatable bonds is 5. The van der Waals surface area contributed by atoms with Crippen LogP contribution in [0.15, 0.2) is 36.5 Å². The van der Waals surface area contributed by atoms with Crippen LogP contribution in [0.25, 0.3) is 0 Å². The molecule has 1 aromatic heterocycles. The largest absolute Gasteiger partial charge is 0.491 e. The van der Waals surface area contributed by atoms with E-state index in [4.69, 9.17) is 10.5 Å². The molecule has 2 aromatic rings. The summed E-state index contributed by atoms with van der Waals surface area (Å²) in [6.45, 7) is 6.68. The van der Waals surface area contributed by atoms with Gasteiger partial charge in [0.15, 0.2) is 0 Å². The third-order valence-electron chi connectivity index (χ3n) is 3.00. The fourth-order valence-electron chi connectivity index (χ4n) is 1.88. The summed E-state index contributed by atoms with van der Waals surface area (Å²) in [6, 6.07) is 10.1. The smallest absolute Gasteiger partial charge is 0.129 e. The monoisotopic (exact) mass is 271 g/mol. The van der Waals surface area contributed by atoms with Gasteiger partial charge in [0.05, 0.1) is 17.9 Å². The van der Waals surface area contributed by atoms with Gasteiger partial charge in [0.2, 0.25) is 0 Å². The molecule has 1 aromatic carbocycles. The lowest BCUT2D eigenvalue weighted by Gasteiger charge is -2.17. The first-order valence-corrected chi connectivity index (χ1v) is 6.72. The molecule has 0 aliphatic heterocycles. The lowest BCUT2D eigenvalue weighted by atomic mass is 10.2. The van der Waals surface area contributed by atoms with Crippen molar-refractivity contribution >= 4 is 11.5 Å². The molecule has 0 aliphatic carbocycles. The van der Waals surface area contributed by atoms with E-state index in [9.17, 15) is 0 Å². The van der Waals surface area contributed by atoms with Crippen molar-refractivity contribution in [3.63, 3.8) is 0 Å². The number of ether oxygens (including phenoxy) is 1. The van der Waals surface area contributed by atoms with Gasteiger partial charge in [0.25, 0.3) is 0 Å². The molecule has 2 rings (SSSR count). The van der Waals surface area contributed by atoms with Crippen LogP contribution >= 0.6 is 0 Å². The Morgan fingerprint density at radius 3 is 2.60 bits per heavy atom. The molecule has 0 radical (unpaired) electrons. The summed E-state index contributed by atoms with van der Waals surface area (Å²) in [5.41, 5.74) is 8.63. The molecule has 0 saturated heterocycles. The average Bonchev–Trinajstić information content (AvgIpc) is 2.41. The van der Waals surface area contributed by atoms with Crippen LogP contribution in [0.1, 0.15) is 18.1 Å². The second-order valence-electron chi connectivity index (χ2n) is 5.10. The lowest BCUT2D eigenvalue weighted by Crippen LogP contribution is -2.24. The van der Waals surface area contributed by atoms with E-state index in [2.05, 4.69) is 24.1 Å². The summed E-state index contributed by atoms with van der Waals surface area (Å²) in [7, 11) is 0. The van der Waals surface area contributed by atoms with Crippen LogP contribution in [0.2, 0.25) is 0 Å². The van der Waals surface area contributed by atoms with Crippen molar-refractivity contribution in [1.29, 1.82) is 0 Å². The van der Waals surface area contributed by atoms with Gasteiger partial charge in [0, 0.05) is 0 Å². The van der Waals surface area contributed by atoms with Crippen molar-refractivity contribution in [3.8, 4) is 5.75 Å². The maximum Gasteiger partial charge on any atom is 0.129 e. The maximum atomic E-state index is 5.74. The number of nitrogens with one attached hydrogen (secondary N) is 1. The SMILES string of the molecule is Cc1ccc(OCC(C)Nc2ncc(N)cc2C)cc1. The molecule has 0 amide bonds. The topological polar surface area (TPSA) is 60.2 Å². The minimum absolute atomic E-state index is 0.158. The van der Waals surface area contributed by atoms with Crippen molar-refractivity contribution < 1.29 is 4.74 Å². The van der Waals surface area contributed by atoms with E-state index in [1.807, 2.05) is 37.3 Å². The Balaban J connectivity index is 1.89. The lowest BCUT2D eigenvalue weighted by molar-refractivity contribution is 0.303. The Morgan fingerprint density at radius 2 is 1.95 bits per heavy atom. The Labute approximate surface area is 120 Å². The second kappa shape index (κ2) is 6.28. The van der Waals surface area contributed by atoms with Gasteiger partial charge in [0.1, 0.15) is 18.2 Å². The molecule has 0 saturated carbocycles. The van der Waals surface area contributed by atoms with Crippen LogP contribution < -0.4 is 15.8 Å². The third kappa shape index (κ3) is 3.88. The van der Waals surface area contributed by atoms with Gasteiger partial charge in [-0.25, -0.2) is 4.98 Å². The summed E-state index contributed by atoms with van der Waals surface area (Å²) in [6.07, 6.45) is 1.66. The number of benzene rings is 1. The number of aryl methyl sites for hydroxylation is 2. The predicted octanol–water partition coefficient (Wildman–Crippen LogP) is 3.16. The molecule has 3 N–H and O–H groups in total. The molecule has 1 atom stereocenters. The summed E-state index contributed by atoms with van der Waals surface area (Å²) >= 11 is 0. The quantitative estimate of drug-likeness (QED) is 0.877. The number of nitrogens with zero attached hydrogens (tertiary/aromatic N) is 1. The van der Waals surface area contributed by atoms with Crippen molar-refractivity contribution in [2.24, 2.45) is 0 Å².